The van der Waals surface area contributed by atoms with E-state index in [1.165, 1.54) is 6.07 Å². The first-order valence-electron chi connectivity index (χ1n) is 5.80. The van der Waals surface area contributed by atoms with Crippen LogP contribution in [0.25, 0.3) is 0 Å². The second kappa shape index (κ2) is 6.92. The first-order valence-corrected chi connectivity index (χ1v) is 6.68. The second-order valence-corrected chi connectivity index (χ2v) is 5.37. The summed E-state index contributed by atoms with van der Waals surface area (Å²) >= 11 is 1.56. The van der Waals surface area contributed by atoms with E-state index in [0.717, 1.165) is 12.8 Å². The Bertz CT molecular complexity index is 317. The van der Waals surface area contributed by atoms with Crippen LogP contribution < -0.4 is 5.73 Å². The molecule has 16 heavy (non-hydrogen) atoms. The van der Waals surface area contributed by atoms with Gasteiger partial charge in [0.2, 0.25) is 0 Å². The highest BCUT2D eigenvalue weighted by Crippen LogP contribution is 2.31. The Labute approximate surface area is 102 Å². The summed E-state index contributed by atoms with van der Waals surface area (Å²) in [5.74, 6) is 0.384. The molecule has 1 rings (SSSR count). The average molecular weight is 241 g/mol. The predicted molar refractivity (Wildman–Crippen MR) is 69.2 cm³/mol. The lowest BCUT2D eigenvalue weighted by Gasteiger charge is -2.21. The van der Waals surface area contributed by atoms with Gasteiger partial charge in [0.05, 0.1) is 0 Å². The van der Waals surface area contributed by atoms with Crippen molar-refractivity contribution in [3.63, 3.8) is 0 Å². The van der Waals surface area contributed by atoms with E-state index in [0.29, 0.717) is 22.6 Å². The molecule has 2 N–H and O–H groups in total. The topological polar surface area (TPSA) is 26.0 Å². The molecule has 90 valence electrons. The minimum Gasteiger partial charge on any atom is -0.329 e. The third-order valence-corrected chi connectivity index (χ3v) is 4.27. The first-order chi connectivity index (χ1) is 7.69. The molecule has 0 amide bonds. The Kier molecular flexibility index (Phi) is 5.85. The molecule has 0 aromatic heterocycles. The molecule has 2 unspecified atom stereocenters. The summed E-state index contributed by atoms with van der Waals surface area (Å²) in [4.78, 5) is 0.709. The fourth-order valence-electron chi connectivity index (χ4n) is 1.74. The van der Waals surface area contributed by atoms with Crippen molar-refractivity contribution in [2.75, 3.05) is 6.54 Å². The molecule has 0 aliphatic carbocycles. The van der Waals surface area contributed by atoms with E-state index in [1.54, 1.807) is 17.8 Å². The Balaban J connectivity index is 2.66. The van der Waals surface area contributed by atoms with Gasteiger partial charge in [0.15, 0.2) is 0 Å². The summed E-state index contributed by atoms with van der Waals surface area (Å²) in [5.41, 5.74) is 5.76. The molecular weight excluding hydrogens is 221 g/mol. The van der Waals surface area contributed by atoms with Crippen molar-refractivity contribution in [3.8, 4) is 0 Å². The molecule has 0 saturated heterocycles. The number of halogens is 1. The molecule has 0 fully saturated rings. The van der Waals surface area contributed by atoms with Crippen LogP contribution in [0.4, 0.5) is 4.39 Å². The van der Waals surface area contributed by atoms with Crippen LogP contribution in [0.1, 0.15) is 26.7 Å². The smallest absolute Gasteiger partial charge is 0.136 e. The van der Waals surface area contributed by atoms with Gasteiger partial charge in [-0.3, -0.25) is 0 Å². The molecule has 0 aliphatic heterocycles. The van der Waals surface area contributed by atoms with Crippen LogP contribution in [-0.4, -0.2) is 11.8 Å². The summed E-state index contributed by atoms with van der Waals surface area (Å²) in [5, 5.41) is 0.303. The SMILES string of the molecule is CCCC(C)C(CN)Sc1ccccc1F. The molecule has 1 aromatic carbocycles. The van der Waals surface area contributed by atoms with E-state index in [9.17, 15) is 4.39 Å². The summed E-state index contributed by atoms with van der Waals surface area (Å²) in [6.45, 7) is 4.95. The molecule has 1 aromatic rings. The van der Waals surface area contributed by atoms with Crippen molar-refractivity contribution in [3.05, 3.63) is 30.1 Å². The second-order valence-electron chi connectivity index (χ2n) is 4.09. The normalized spacial score (nSPS) is 14.8. The van der Waals surface area contributed by atoms with Crippen molar-refractivity contribution >= 4 is 11.8 Å². The summed E-state index contributed by atoms with van der Waals surface area (Å²) in [7, 11) is 0. The van der Waals surface area contributed by atoms with Gasteiger partial charge < -0.3 is 5.73 Å². The molecule has 3 heteroatoms. The Morgan fingerprint density at radius 2 is 2.06 bits per heavy atom. The van der Waals surface area contributed by atoms with Crippen molar-refractivity contribution in [1.29, 1.82) is 0 Å². The van der Waals surface area contributed by atoms with E-state index >= 15 is 0 Å². The summed E-state index contributed by atoms with van der Waals surface area (Å²) in [6.07, 6.45) is 2.29. The van der Waals surface area contributed by atoms with Gasteiger partial charge in [0.25, 0.3) is 0 Å². The lowest BCUT2D eigenvalue weighted by molar-refractivity contribution is 0.504. The van der Waals surface area contributed by atoms with Crippen LogP contribution in [0.5, 0.6) is 0 Å². The molecule has 0 bridgehead atoms. The third-order valence-electron chi connectivity index (χ3n) is 2.73. The maximum atomic E-state index is 13.5. The monoisotopic (exact) mass is 241 g/mol. The zero-order chi connectivity index (χ0) is 12.0. The van der Waals surface area contributed by atoms with Gasteiger partial charge >= 0.3 is 0 Å². The van der Waals surface area contributed by atoms with Crippen molar-refractivity contribution in [1.82, 2.24) is 0 Å². The number of hydrogen-bond acceptors (Lipinski definition) is 2. The summed E-state index contributed by atoms with van der Waals surface area (Å²) in [6, 6.07) is 6.90. The predicted octanol–water partition coefficient (Wildman–Crippen LogP) is 3.68. The first kappa shape index (κ1) is 13.5. The molecule has 0 radical (unpaired) electrons. The van der Waals surface area contributed by atoms with Gasteiger partial charge in [-0.15, -0.1) is 11.8 Å². The lowest BCUT2D eigenvalue weighted by atomic mass is 10.0. The van der Waals surface area contributed by atoms with Crippen molar-refractivity contribution in [2.45, 2.75) is 36.8 Å². The number of hydrogen-bond donors (Lipinski definition) is 1. The fraction of sp³-hybridized carbons (Fsp3) is 0.538. The fourth-order valence-corrected chi connectivity index (χ4v) is 2.87. The van der Waals surface area contributed by atoms with E-state index < -0.39 is 0 Å². The van der Waals surface area contributed by atoms with Crippen molar-refractivity contribution < 1.29 is 4.39 Å². The molecule has 2 atom stereocenters. The Morgan fingerprint density at radius 3 is 2.62 bits per heavy atom. The molecule has 0 heterocycles. The zero-order valence-corrected chi connectivity index (χ0v) is 10.8. The van der Waals surface area contributed by atoms with Gasteiger partial charge in [-0.25, -0.2) is 4.39 Å². The van der Waals surface area contributed by atoms with E-state index in [-0.39, 0.29) is 5.82 Å². The number of benzene rings is 1. The molecule has 0 spiro atoms. The Morgan fingerprint density at radius 1 is 1.38 bits per heavy atom. The van der Waals surface area contributed by atoms with E-state index in [1.807, 2.05) is 12.1 Å². The van der Waals surface area contributed by atoms with Crippen LogP contribution in [-0.2, 0) is 0 Å². The molecular formula is C13H20FNS. The Hall–Kier alpha value is -0.540. The highest BCUT2D eigenvalue weighted by Gasteiger charge is 2.17. The van der Waals surface area contributed by atoms with Crippen LogP contribution in [0.3, 0.4) is 0 Å². The van der Waals surface area contributed by atoms with E-state index in [4.69, 9.17) is 5.73 Å². The number of nitrogens with two attached hydrogens (primary N) is 1. The largest absolute Gasteiger partial charge is 0.329 e. The standard InChI is InChI=1S/C13H20FNS/c1-3-6-10(2)13(9-15)16-12-8-5-4-7-11(12)14/h4-5,7-8,10,13H,3,6,9,15H2,1-2H3. The van der Waals surface area contributed by atoms with Gasteiger partial charge in [-0.05, 0) is 24.5 Å². The van der Waals surface area contributed by atoms with Gasteiger partial charge in [-0.1, -0.05) is 32.4 Å². The lowest BCUT2D eigenvalue weighted by Crippen LogP contribution is -2.24. The molecule has 0 saturated carbocycles. The maximum Gasteiger partial charge on any atom is 0.136 e. The minimum absolute atomic E-state index is 0.144. The van der Waals surface area contributed by atoms with Crippen LogP contribution >= 0.6 is 11.8 Å². The van der Waals surface area contributed by atoms with Gasteiger partial charge in [0.1, 0.15) is 5.82 Å². The van der Waals surface area contributed by atoms with Gasteiger partial charge in [0, 0.05) is 16.7 Å². The highest BCUT2D eigenvalue weighted by atomic mass is 32.2. The van der Waals surface area contributed by atoms with Crippen LogP contribution in [0, 0.1) is 11.7 Å². The minimum atomic E-state index is -0.144. The zero-order valence-electron chi connectivity index (χ0n) is 9.95. The van der Waals surface area contributed by atoms with Gasteiger partial charge in [-0.2, -0.15) is 0 Å². The highest BCUT2D eigenvalue weighted by molar-refractivity contribution is 8.00. The number of rotatable bonds is 6. The summed E-state index contributed by atoms with van der Waals surface area (Å²) < 4.78 is 13.5. The van der Waals surface area contributed by atoms with Crippen LogP contribution in [0.2, 0.25) is 0 Å². The quantitative estimate of drug-likeness (QED) is 0.769. The number of thioether (sulfide) groups is 1. The maximum absolute atomic E-state index is 13.5. The molecule has 0 aliphatic rings. The molecule has 1 nitrogen and oxygen atoms in total. The van der Waals surface area contributed by atoms with Crippen LogP contribution in [0.15, 0.2) is 29.2 Å². The van der Waals surface area contributed by atoms with Crippen molar-refractivity contribution in [2.24, 2.45) is 11.7 Å². The third kappa shape index (κ3) is 3.80. The van der Waals surface area contributed by atoms with E-state index in [2.05, 4.69) is 13.8 Å². The average Bonchev–Trinajstić information content (AvgIpc) is 2.28.